The molecule has 4 heterocycles. The highest BCUT2D eigenvalue weighted by Gasteiger charge is 2.31. The van der Waals surface area contributed by atoms with E-state index in [-0.39, 0.29) is 5.92 Å². The third kappa shape index (κ3) is 3.79. The summed E-state index contributed by atoms with van der Waals surface area (Å²) in [7, 11) is 0. The number of nitrogens with zero attached hydrogens (tertiary/aromatic N) is 6. The molecular weight excluding hydrogens is 382 g/mol. The summed E-state index contributed by atoms with van der Waals surface area (Å²) in [5.74, 6) is 1.81. The van der Waals surface area contributed by atoms with E-state index >= 15 is 0 Å². The first-order chi connectivity index (χ1) is 14.8. The molecule has 5 rings (SSSR count). The number of likely N-dealkylation sites (tertiary alicyclic amines) is 1. The molecule has 2 aliphatic heterocycles. The Balaban J connectivity index is 1.32. The smallest absolute Gasteiger partial charge is 0.245 e. The molecule has 0 bridgehead atoms. The van der Waals surface area contributed by atoms with Crippen LogP contribution in [-0.2, 0) is 11.3 Å². The normalized spacial score (nSPS) is 17.6. The van der Waals surface area contributed by atoms with Gasteiger partial charge in [0, 0.05) is 38.6 Å². The number of piperidine rings is 1. The van der Waals surface area contributed by atoms with Crippen molar-refractivity contribution in [3.63, 3.8) is 0 Å². The molecule has 9 heteroatoms. The van der Waals surface area contributed by atoms with E-state index < -0.39 is 0 Å². The minimum absolute atomic E-state index is 0.102. The quantitative estimate of drug-likeness (QED) is 0.688. The average molecular weight is 407 g/mol. The van der Waals surface area contributed by atoms with E-state index in [0.717, 1.165) is 63.2 Å². The molecule has 1 N–H and O–H groups in total. The van der Waals surface area contributed by atoms with E-state index in [1.165, 1.54) is 0 Å². The molecule has 0 aliphatic carbocycles. The molecule has 0 radical (unpaired) electrons. The van der Waals surface area contributed by atoms with Crippen LogP contribution >= 0.6 is 0 Å². The lowest BCUT2D eigenvalue weighted by molar-refractivity contribution is -0.135. The summed E-state index contributed by atoms with van der Waals surface area (Å²) >= 11 is 0. The second-order valence-electron chi connectivity index (χ2n) is 7.94. The van der Waals surface area contributed by atoms with Gasteiger partial charge in [0.2, 0.25) is 17.2 Å². The number of amides is 1. The maximum absolute atomic E-state index is 12.7. The molecule has 0 spiro atoms. The maximum Gasteiger partial charge on any atom is 0.245 e. The molecule has 2 saturated heterocycles. The van der Waals surface area contributed by atoms with E-state index in [0.29, 0.717) is 29.6 Å². The lowest BCUT2D eigenvalue weighted by atomic mass is 9.95. The van der Waals surface area contributed by atoms with Crippen LogP contribution in [-0.4, -0.2) is 57.3 Å². The number of carbonyl (C=O) groups is 1. The number of carbonyl (C=O) groups excluding carboxylic acids is 1. The van der Waals surface area contributed by atoms with Crippen LogP contribution in [0.4, 0.5) is 11.6 Å². The molecule has 2 aliphatic rings. The van der Waals surface area contributed by atoms with Gasteiger partial charge < -0.3 is 15.1 Å². The fourth-order valence-electron chi connectivity index (χ4n) is 4.28. The first-order valence-corrected chi connectivity index (χ1v) is 10.6. The molecular formula is C21H25N7O2. The first-order valence-electron chi connectivity index (χ1n) is 10.6. The molecule has 0 atom stereocenters. The summed E-state index contributed by atoms with van der Waals surface area (Å²) in [5, 5.41) is 11.1. The van der Waals surface area contributed by atoms with E-state index in [4.69, 9.17) is 4.63 Å². The average Bonchev–Trinajstić information content (AvgIpc) is 3.49. The van der Waals surface area contributed by atoms with Crippen LogP contribution in [0.15, 0.2) is 35.0 Å². The van der Waals surface area contributed by atoms with Crippen LogP contribution in [0.25, 0.3) is 11.3 Å². The molecule has 1 amide bonds. The highest BCUT2D eigenvalue weighted by atomic mass is 16.6. The van der Waals surface area contributed by atoms with E-state index in [1.54, 1.807) is 0 Å². The minimum Gasteiger partial charge on any atom is -0.363 e. The Bertz CT molecular complexity index is 1010. The van der Waals surface area contributed by atoms with Gasteiger partial charge in [0.05, 0.1) is 0 Å². The van der Waals surface area contributed by atoms with E-state index in [2.05, 4.69) is 42.6 Å². The monoisotopic (exact) mass is 407 g/mol. The van der Waals surface area contributed by atoms with Gasteiger partial charge in [-0.15, -0.1) is 0 Å². The highest BCUT2D eigenvalue weighted by molar-refractivity contribution is 5.80. The maximum atomic E-state index is 12.7. The zero-order valence-electron chi connectivity index (χ0n) is 16.8. The molecule has 3 aromatic rings. The lowest BCUT2D eigenvalue weighted by Crippen LogP contribution is -2.42. The van der Waals surface area contributed by atoms with Crippen molar-refractivity contribution in [3.8, 4) is 0 Å². The van der Waals surface area contributed by atoms with Crippen molar-refractivity contribution in [2.45, 2.75) is 32.2 Å². The van der Waals surface area contributed by atoms with E-state index in [1.807, 2.05) is 23.1 Å². The van der Waals surface area contributed by atoms with Gasteiger partial charge in [-0.3, -0.25) is 4.79 Å². The zero-order chi connectivity index (χ0) is 20.3. The van der Waals surface area contributed by atoms with Crippen LogP contribution in [0.1, 0.15) is 31.2 Å². The van der Waals surface area contributed by atoms with Gasteiger partial charge in [-0.05, 0) is 41.6 Å². The van der Waals surface area contributed by atoms with Crippen molar-refractivity contribution >= 4 is 28.8 Å². The second-order valence-corrected chi connectivity index (χ2v) is 7.94. The Morgan fingerprint density at radius 3 is 2.43 bits per heavy atom. The summed E-state index contributed by atoms with van der Waals surface area (Å²) in [5.41, 5.74) is 1.93. The third-order valence-electron chi connectivity index (χ3n) is 5.96. The molecule has 9 nitrogen and oxygen atoms in total. The topological polar surface area (TPSA) is 100 Å². The Morgan fingerprint density at radius 1 is 1.00 bits per heavy atom. The Labute approximate surface area is 174 Å². The van der Waals surface area contributed by atoms with Crippen molar-refractivity contribution in [3.05, 3.63) is 35.9 Å². The van der Waals surface area contributed by atoms with Gasteiger partial charge in [0.1, 0.15) is 0 Å². The van der Waals surface area contributed by atoms with E-state index in [9.17, 15) is 4.79 Å². The molecule has 2 fully saturated rings. The Hall–Kier alpha value is -3.23. The van der Waals surface area contributed by atoms with Crippen molar-refractivity contribution < 1.29 is 9.42 Å². The number of nitrogens with one attached hydrogen (secondary N) is 1. The molecule has 30 heavy (non-hydrogen) atoms. The predicted molar refractivity (Wildman–Crippen MR) is 112 cm³/mol. The van der Waals surface area contributed by atoms with Crippen LogP contribution in [0.2, 0.25) is 0 Å². The van der Waals surface area contributed by atoms with Crippen LogP contribution in [0, 0.1) is 5.92 Å². The van der Waals surface area contributed by atoms with Gasteiger partial charge in [0.25, 0.3) is 0 Å². The molecule has 0 saturated carbocycles. The standard InChI is InChI=1S/C21H25N7O2/c29-21(28-10-4-5-11-28)16-8-12-27(13-9-16)20-19(22-14-15-6-2-1-3-7-15)23-17-18(24-20)26-30-25-17/h1-3,6-7,16H,4-5,8-14H2,(H,22,23,25). The number of benzene rings is 1. The lowest BCUT2D eigenvalue weighted by Gasteiger charge is -2.34. The van der Waals surface area contributed by atoms with Crippen LogP contribution < -0.4 is 10.2 Å². The Morgan fingerprint density at radius 2 is 1.70 bits per heavy atom. The SMILES string of the molecule is O=C(C1CCN(c2nc3nonc3nc2NCc2ccccc2)CC1)N1CCCC1. The first kappa shape index (κ1) is 18.8. The summed E-state index contributed by atoms with van der Waals surface area (Å²) in [6, 6.07) is 10.1. The molecule has 0 unspecified atom stereocenters. The summed E-state index contributed by atoms with van der Waals surface area (Å²) in [6.07, 6.45) is 3.90. The minimum atomic E-state index is 0.102. The van der Waals surface area contributed by atoms with Gasteiger partial charge in [-0.1, -0.05) is 30.3 Å². The zero-order valence-corrected chi connectivity index (χ0v) is 16.8. The molecule has 1 aromatic carbocycles. The molecule has 156 valence electrons. The summed E-state index contributed by atoms with van der Waals surface area (Å²) < 4.78 is 4.81. The van der Waals surface area contributed by atoms with Gasteiger partial charge in [-0.25, -0.2) is 14.6 Å². The fourth-order valence-corrected chi connectivity index (χ4v) is 4.28. The number of fused-ring (bicyclic) bond motifs is 1. The van der Waals surface area contributed by atoms with Crippen molar-refractivity contribution in [2.24, 2.45) is 5.92 Å². The Kier molecular flexibility index (Phi) is 5.17. The summed E-state index contributed by atoms with van der Waals surface area (Å²) in [4.78, 5) is 26.2. The molecule has 2 aromatic heterocycles. The van der Waals surface area contributed by atoms with Crippen LogP contribution in [0.5, 0.6) is 0 Å². The number of hydrogen-bond acceptors (Lipinski definition) is 8. The number of hydrogen-bond donors (Lipinski definition) is 1. The van der Waals surface area contributed by atoms with Gasteiger partial charge in [0.15, 0.2) is 11.6 Å². The fraction of sp³-hybridized carbons (Fsp3) is 0.476. The number of rotatable bonds is 5. The highest BCUT2D eigenvalue weighted by Crippen LogP contribution is 2.30. The summed E-state index contributed by atoms with van der Waals surface area (Å²) in [6.45, 7) is 3.97. The van der Waals surface area contributed by atoms with Gasteiger partial charge >= 0.3 is 0 Å². The van der Waals surface area contributed by atoms with Crippen LogP contribution in [0.3, 0.4) is 0 Å². The van der Waals surface area contributed by atoms with Crippen molar-refractivity contribution in [2.75, 3.05) is 36.4 Å². The third-order valence-corrected chi connectivity index (χ3v) is 5.96. The number of aromatic nitrogens is 4. The second kappa shape index (κ2) is 8.25. The predicted octanol–water partition coefficient (Wildman–Crippen LogP) is 2.46. The van der Waals surface area contributed by atoms with Gasteiger partial charge in [-0.2, -0.15) is 0 Å². The largest absolute Gasteiger partial charge is 0.363 e. The van der Waals surface area contributed by atoms with Crippen molar-refractivity contribution in [1.29, 1.82) is 0 Å². The number of anilines is 2. The van der Waals surface area contributed by atoms with Crippen molar-refractivity contribution in [1.82, 2.24) is 25.2 Å².